The summed E-state index contributed by atoms with van der Waals surface area (Å²) in [6.07, 6.45) is -0.958. The van der Waals surface area contributed by atoms with E-state index >= 15 is 0 Å². The number of carbonyl (C=O) groups excluding carboxylic acids is 3. The van der Waals surface area contributed by atoms with E-state index in [0.29, 0.717) is 42.8 Å². The first kappa shape index (κ1) is 27.0. The van der Waals surface area contributed by atoms with E-state index in [1.54, 1.807) is 32.2 Å². The molecule has 3 heterocycles. The summed E-state index contributed by atoms with van der Waals surface area (Å²) in [7, 11) is 0. The molecule has 1 aromatic heterocycles. The maximum absolute atomic E-state index is 13.4. The first-order valence-electron chi connectivity index (χ1n) is 13.5. The van der Waals surface area contributed by atoms with Crippen molar-refractivity contribution in [2.75, 3.05) is 17.2 Å². The predicted molar refractivity (Wildman–Crippen MR) is 146 cm³/mol. The Hall–Kier alpha value is -4.21. The Balaban J connectivity index is 1.21. The Kier molecular flexibility index (Phi) is 6.20. The van der Waals surface area contributed by atoms with Crippen LogP contribution in [0.3, 0.4) is 0 Å². The highest BCUT2D eigenvalue weighted by molar-refractivity contribution is 6.06. The molecule has 41 heavy (non-hydrogen) atoms. The van der Waals surface area contributed by atoms with Crippen molar-refractivity contribution in [2.24, 2.45) is 5.41 Å². The second-order valence-electron chi connectivity index (χ2n) is 11.8. The molecule has 1 fully saturated rings. The molecule has 0 saturated carbocycles. The number of hydrogen-bond donors (Lipinski definition) is 2. The molecular formula is C31H29F3N4O3. The highest BCUT2D eigenvalue weighted by atomic mass is 19.4. The summed E-state index contributed by atoms with van der Waals surface area (Å²) in [5.41, 5.74) is 1.41. The number of alkyl halides is 3. The van der Waals surface area contributed by atoms with Crippen LogP contribution in [0.1, 0.15) is 60.5 Å². The molecule has 2 aromatic carbocycles. The first-order chi connectivity index (χ1) is 19.4. The van der Waals surface area contributed by atoms with Gasteiger partial charge in [-0.2, -0.15) is 13.2 Å². The second kappa shape index (κ2) is 9.43. The maximum Gasteiger partial charge on any atom is 0.416 e. The fourth-order valence-corrected chi connectivity index (χ4v) is 6.44. The number of anilines is 2. The zero-order valence-corrected chi connectivity index (χ0v) is 22.6. The molecule has 7 nitrogen and oxygen atoms in total. The van der Waals surface area contributed by atoms with Gasteiger partial charge >= 0.3 is 6.18 Å². The smallest absolute Gasteiger partial charge is 0.326 e. The zero-order chi connectivity index (χ0) is 29.2. The number of halogens is 3. The second-order valence-corrected chi connectivity index (χ2v) is 11.8. The molecule has 6 rings (SSSR count). The fourth-order valence-electron chi connectivity index (χ4n) is 6.44. The van der Waals surface area contributed by atoms with E-state index < -0.39 is 34.5 Å². The van der Waals surface area contributed by atoms with E-state index in [1.165, 1.54) is 11.0 Å². The zero-order valence-electron chi connectivity index (χ0n) is 22.6. The van der Waals surface area contributed by atoms with Crippen LogP contribution in [0.2, 0.25) is 0 Å². The van der Waals surface area contributed by atoms with E-state index in [4.69, 9.17) is 0 Å². The molecule has 212 valence electrons. The van der Waals surface area contributed by atoms with Gasteiger partial charge in [0, 0.05) is 22.9 Å². The number of benzene rings is 2. The lowest BCUT2D eigenvalue weighted by Gasteiger charge is -2.43. The number of aromatic nitrogens is 1. The summed E-state index contributed by atoms with van der Waals surface area (Å²) < 4.78 is 40.2. The summed E-state index contributed by atoms with van der Waals surface area (Å²) in [5, 5.41) is 5.74. The van der Waals surface area contributed by atoms with Crippen LogP contribution >= 0.6 is 0 Å². The Bertz CT molecular complexity index is 1580. The van der Waals surface area contributed by atoms with Crippen LogP contribution in [0.4, 0.5) is 24.7 Å². The summed E-state index contributed by atoms with van der Waals surface area (Å²) >= 11 is 0. The standard InChI is InChI=1S/C31H29F3N4O3/c1-29(2)11-10-24(18-5-3-6-21(13-18)31(32,33)34)38(28(29)41)17-25(39)36-22-9-8-19-15-30(16-20(19)14-22)23-7-4-12-35-26(23)37-27(30)40/h3-9,12-14,24H,10-11,15-17H2,1-2H3,(H,36,39)(H,35,37,40)/t24?,30-/m1/s1. The van der Waals surface area contributed by atoms with Gasteiger partial charge in [-0.1, -0.05) is 38.1 Å². The van der Waals surface area contributed by atoms with Crippen molar-refractivity contribution in [1.82, 2.24) is 9.88 Å². The third kappa shape index (κ3) is 4.65. The number of pyridine rings is 1. The minimum absolute atomic E-state index is 0.0974. The Morgan fingerprint density at radius 1 is 1.07 bits per heavy atom. The Morgan fingerprint density at radius 2 is 1.85 bits per heavy atom. The molecule has 3 amide bonds. The van der Waals surface area contributed by atoms with Crippen LogP contribution in [0.25, 0.3) is 0 Å². The average molecular weight is 563 g/mol. The van der Waals surface area contributed by atoms with Gasteiger partial charge in [0.15, 0.2) is 0 Å². The first-order valence-corrected chi connectivity index (χ1v) is 13.5. The van der Waals surface area contributed by atoms with Gasteiger partial charge in [0.25, 0.3) is 0 Å². The summed E-state index contributed by atoms with van der Waals surface area (Å²) in [4.78, 5) is 45.3. The molecule has 10 heteroatoms. The summed E-state index contributed by atoms with van der Waals surface area (Å²) in [6, 6.07) is 13.5. The van der Waals surface area contributed by atoms with E-state index in [0.717, 1.165) is 28.8 Å². The van der Waals surface area contributed by atoms with Gasteiger partial charge in [-0.05, 0) is 72.7 Å². The number of carbonyl (C=O) groups is 3. The van der Waals surface area contributed by atoms with Gasteiger partial charge < -0.3 is 15.5 Å². The molecule has 1 unspecified atom stereocenters. The molecule has 2 atom stereocenters. The number of fused-ring (bicyclic) bond motifs is 3. The third-order valence-corrected chi connectivity index (χ3v) is 8.64. The van der Waals surface area contributed by atoms with Gasteiger partial charge in [-0.25, -0.2) is 4.98 Å². The quantitative estimate of drug-likeness (QED) is 0.445. The molecule has 1 aliphatic carbocycles. The van der Waals surface area contributed by atoms with Crippen molar-refractivity contribution in [3.8, 4) is 0 Å². The lowest BCUT2D eigenvalue weighted by molar-refractivity contribution is -0.150. The number of nitrogens with zero attached hydrogens (tertiary/aromatic N) is 2. The minimum Gasteiger partial charge on any atom is -0.326 e. The fraction of sp³-hybridized carbons (Fsp3) is 0.355. The summed E-state index contributed by atoms with van der Waals surface area (Å²) in [5.74, 6) is -0.256. The van der Waals surface area contributed by atoms with Gasteiger partial charge in [-0.15, -0.1) is 0 Å². The topological polar surface area (TPSA) is 91.4 Å². The van der Waals surface area contributed by atoms with Crippen LogP contribution in [-0.4, -0.2) is 34.2 Å². The minimum atomic E-state index is -4.51. The number of hydrogen-bond acceptors (Lipinski definition) is 4. The van der Waals surface area contributed by atoms with Crippen molar-refractivity contribution < 1.29 is 27.6 Å². The van der Waals surface area contributed by atoms with Crippen LogP contribution in [0, 0.1) is 5.41 Å². The number of rotatable bonds is 4. The molecule has 3 aliphatic rings. The van der Waals surface area contributed by atoms with E-state index in [9.17, 15) is 27.6 Å². The van der Waals surface area contributed by atoms with Gasteiger partial charge in [-0.3, -0.25) is 14.4 Å². The number of piperidine rings is 1. The third-order valence-electron chi connectivity index (χ3n) is 8.64. The average Bonchev–Trinajstić information content (AvgIpc) is 3.43. The van der Waals surface area contributed by atoms with Crippen molar-refractivity contribution in [3.05, 3.63) is 88.6 Å². The molecular weight excluding hydrogens is 533 g/mol. The monoisotopic (exact) mass is 562 g/mol. The van der Waals surface area contributed by atoms with Gasteiger partial charge in [0.05, 0.1) is 17.0 Å². The molecule has 2 aliphatic heterocycles. The van der Waals surface area contributed by atoms with Crippen molar-refractivity contribution in [2.45, 2.75) is 57.2 Å². The van der Waals surface area contributed by atoms with E-state index in [1.807, 2.05) is 24.3 Å². The van der Waals surface area contributed by atoms with Gasteiger partial charge in [0.2, 0.25) is 17.7 Å². The molecule has 0 bridgehead atoms. The van der Waals surface area contributed by atoms with Crippen molar-refractivity contribution in [1.29, 1.82) is 0 Å². The Morgan fingerprint density at radius 3 is 2.63 bits per heavy atom. The number of nitrogens with one attached hydrogen (secondary N) is 2. The summed E-state index contributed by atoms with van der Waals surface area (Å²) in [6.45, 7) is 3.27. The molecule has 0 radical (unpaired) electrons. The molecule has 2 N–H and O–H groups in total. The van der Waals surface area contributed by atoms with E-state index in [-0.39, 0.29) is 18.4 Å². The van der Waals surface area contributed by atoms with Crippen molar-refractivity contribution >= 4 is 29.2 Å². The lowest BCUT2D eigenvalue weighted by atomic mass is 9.78. The highest BCUT2D eigenvalue weighted by Crippen LogP contribution is 2.47. The van der Waals surface area contributed by atoms with E-state index in [2.05, 4.69) is 15.6 Å². The van der Waals surface area contributed by atoms with Crippen LogP contribution in [-0.2, 0) is 38.8 Å². The van der Waals surface area contributed by atoms with Crippen LogP contribution < -0.4 is 10.6 Å². The Labute approximate surface area is 235 Å². The normalized spacial score (nSPS) is 22.9. The maximum atomic E-state index is 13.4. The molecule has 1 saturated heterocycles. The molecule has 1 spiro atoms. The SMILES string of the molecule is CC1(C)CCC(c2cccc(C(F)(F)F)c2)N(CC(=O)Nc2ccc3c(c2)C[C@@]2(C3)C(=O)Nc3ncccc32)C1=O. The van der Waals surface area contributed by atoms with Crippen LogP contribution in [0.5, 0.6) is 0 Å². The largest absolute Gasteiger partial charge is 0.416 e. The molecule has 3 aromatic rings. The van der Waals surface area contributed by atoms with Crippen LogP contribution in [0.15, 0.2) is 60.8 Å². The predicted octanol–water partition coefficient (Wildman–Crippen LogP) is 5.42. The van der Waals surface area contributed by atoms with Gasteiger partial charge in [0.1, 0.15) is 12.4 Å². The number of likely N-dealkylation sites (tertiary alicyclic amines) is 1. The van der Waals surface area contributed by atoms with Crippen molar-refractivity contribution in [3.63, 3.8) is 0 Å². The number of amides is 3. The lowest BCUT2D eigenvalue weighted by Crippen LogP contribution is -2.50. The highest BCUT2D eigenvalue weighted by Gasteiger charge is 2.51.